The van der Waals surface area contributed by atoms with Crippen LogP contribution in [-0.2, 0) is 4.79 Å². The van der Waals surface area contributed by atoms with E-state index < -0.39 is 5.82 Å². The first-order chi connectivity index (χ1) is 9.13. The van der Waals surface area contributed by atoms with Crippen LogP contribution in [0.1, 0.15) is 19.3 Å². The highest BCUT2D eigenvalue weighted by molar-refractivity contribution is 7.99. The number of aliphatic hydroxyl groups is 1. The standard InChI is InChI=1S/C13H19FN2O2S/c14-11-5-4-10(15)9-12(11)16-13(18)3-1-7-19-8-2-6-17/h4-5,9,17H,1-3,6-8,15H2,(H,16,18). The Bertz CT molecular complexity index is 416. The van der Waals surface area contributed by atoms with Crippen LogP contribution in [0.3, 0.4) is 0 Å². The maximum atomic E-state index is 13.4. The maximum absolute atomic E-state index is 13.4. The number of nitrogens with one attached hydrogen (secondary N) is 1. The number of amides is 1. The summed E-state index contributed by atoms with van der Waals surface area (Å²) in [6, 6.07) is 4.09. The molecule has 6 heteroatoms. The third-order valence-corrected chi connectivity index (χ3v) is 3.56. The molecule has 0 aliphatic heterocycles. The highest BCUT2D eigenvalue weighted by Crippen LogP contribution is 2.17. The summed E-state index contributed by atoms with van der Waals surface area (Å²) in [6.07, 6.45) is 1.84. The van der Waals surface area contributed by atoms with Gasteiger partial charge in [-0.25, -0.2) is 4.39 Å². The third kappa shape index (κ3) is 6.45. The number of rotatable bonds is 8. The number of anilines is 2. The van der Waals surface area contributed by atoms with Crippen LogP contribution in [0.5, 0.6) is 0 Å². The summed E-state index contributed by atoms with van der Waals surface area (Å²) in [7, 11) is 0. The van der Waals surface area contributed by atoms with Gasteiger partial charge in [0.15, 0.2) is 0 Å². The molecule has 0 saturated carbocycles. The van der Waals surface area contributed by atoms with Gasteiger partial charge in [0.05, 0.1) is 5.69 Å². The van der Waals surface area contributed by atoms with Crippen LogP contribution in [0.25, 0.3) is 0 Å². The SMILES string of the molecule is Nc1ccc(F)c(NC(=O)CCCSCCCO)c1. The summed E-state index contributed by atoms with van der Waals surface area (Å²) in [4.78, 5) is 11.6. The van der Waals surface area contributed by atoms with E-state index >= 15 is 0 Å². The zero-order valence-electron chi connectivity index (χ0n) is 10.7. The van der Waals surface area contributed by atoms with E-state index in [1.165, 1.54) is 18.2 Å². The molecule has 1 rings (SSSR count). The van der Waals surface area contributed by atoms with Gasteiger partial charge in [0.2, 0.25) is 5.91 Å². The van der Waals surface area contributed by atoms with Crippen molar-refractivity contribution in [2.24, 2.45) is 0 Å². The molecule has 0 aromatic heterocycles. The summed E-state index contributed by atoms with van der Waals surface area (Å²) < 4.78 is 13.4. The Morgan fingerprint density at radius 1 is 1.37 bits per heavy atom. The number of hydrogen-bond donors (Lipinski definition) is 3. The van der Waals surface area contributed by atoms with Gasteiger partial charge in [0, 0.05) is 18.7 Å². The number of carbonyl (C=O) groups excluding carboxylic acids is 1. The van der Waals surface area contributed by atoms with E-state index in [1.54, 1.807) is 11.8 Å². The van der Waals surface area contributed by atoms with Crippen LogP contribution in [0, 0.1) is 5.82 Å². The molecule has 0 heterocycles. The minimum Gasteiger partial charge on any atom is -0.399 e. The molecule has 0 atom stereocenters. The molecule has 1 aromatic carbocycles. The van der Waals surface area contributed by atoms with Gasteiger partial charge in [-0.3, -0.25) is 4.79 Å². The van der Waals surface area contributed by atoms with Crippen molar-refractivity contribution >= 4 is 29.0 Å². The Balaban J connectivity index is 2.25. The Morgan fingerprint density at radius 3 is 2.84 bits per heavy atom. The van der Waals surface area contributed by atoms with Crippen molar-refractivity contribution in [2.45, 2.75) is 19.3 Å². The zero-order valence-corrected chi connectivity index (χ0v) is 11.5. The molecule has 0 bridgehead atoms. The molecule has 0 aliphatic rings. The minimum absolute atomic E-state index is 0.123. The van der Waals surface area contributed by atoms with Crippen LogP contribution >= 0.6 is 11.8 Å². The number of thioether (sulfide) groups is 1. The Morgan fingerprint density at radius 2 is 2.11 bits per heavy atom. The van der Waals surface area contributed by atoms with Gasteiger partial charge in [-0.15, -0.1) is 0 Å². The van der Waals surface area contributed by atoms with Crippen LogP contribution < -0.4 is 11.1 Å². The Hall–Kier alpha value is -1.27. The molecule has 0 radical (unpaired) electrons. The van der Waals surface area contributed by atoms with Gasteiger partial charge in [0.1, 0.15) is 5.82 Å². The second kappa shape index (κ2) is 8.77. The zero-order chi connectivity index (χ0) is 14.1. The van der Waals surface area contributed by atoms with Crippen LogP contribution in [0.2, 0.25) is 0 Å². The third-order valence-electron chi connectivity index (χ3n) is 2.40. The average molecular weight is 286 g/mol. The molecule has 19 heavy (non-hydrogen) atoms. The number of hydrogen-bond acceptors (Lipinski definition) is 4. The van der Waals surface area contributed by atoms with Gasteiger partial charge in [-0.2, -0.15) is 11.8 Å². The monoisotopic (exact) mass is 286 g/mol. The van der Waals surface area contributed by atoms with E-state index in [2.05, 4.69) is 5.32 Å². The fourth-order valence-corrected chi connectivity index (χ4v) is 2.34. The van der Waals surface area contributed by atoms with E-state index in [0.717, 1.165) is 24.3 Å². The fourth-order valence-electron chi connectivity index (χ4n) is 1.45. The molecule has 106 valence electrons. The van der Waals surface area contributed by atoms with Gasteiger partial charge in [-0.05, 0) is 42.5 Å². The Kier molecular flexibility index (Phi) is 7.28. The van der Waals surface area contributed by atoms with Crippen molar-refractivity contribution in [2.75, 3.05) is 29.2 Å². The molecule has 0 spiro atoms. The van der Waals surface area contributed by atoms with Crippen LogP contribution in [0.15, 0.2) is 18.2 Å². The van der Waals surface area contributed by atoms with Crippen molar-refractivity contribution in [1.29, 1.82) is 0 Å². The van der Waals surface area contributed by atoms with Gasteiger partial charge in [-0.1, -0.05) is 0 Å². The van der Waals surface area contributed by atoms with Crippen molar-refractivity contribution < 1.29 is 14.3 Å². The van der Waals surface area contributed by atoms with Gasteiger partial charge >= 0.3 is 0 Å². The normalized spacial score (nSPS) is 10.4. The summed E-state index contributed by atoms with van der Waals surface area (Å²) in [5.74, 6) is 1.04. The molecule has 0 fully saturated rings. The first-order valence-electron chi connectivity index (χ1n) is 6.17. The number of halogens is 1. The van der Waals surface area contributed by atoms with E-state index in [9.17, 15) is 9.18 Å². The number of nitrogen functional groups attached to an aromatic ring is 1. The van der Waals surface area contributed by atoms with Crippen molar-refractivity contribution in [3.8, 4) is 0 Å². The lowest BCUT2D eigenvalue weighted by atomic mass is 10.2. The smallest absolute Gasteiger partial charge is 0.224 e. The topological polar surface area (TPSA) is 75.3 Å². The molecule has 4 N–H and O–H groups in total. The predicted molar refractivity (Wildman–Crippen MR) is 77.7 cm³/mol. The van der Waals surface area contributed by atoms with Crippen molar-refractivity contribution in [3.05, 3.63) is 24.0 Å². The van der Waals surface area contributed by atoms with Crippen LogP contribution in [-0.4, -0.2) is 29.1 Å². The van der Waals surface area contributed by atoms with E-state index in [4.69, 9.17) is 10.8 Å². The number of benzene rings is 1. The molecular formula is C13H19FN2O2S. The fraction of sp³-hybridized carbons (Fsp3) is 0.462. The number of carbonyl (C=O) groups is 1. The van der Waals surface area contributed by atoms with Crippen molar-refractivity contribution in [3.63, 3.8) is 0 Å². The predicted octanol–water partition coefficient (Wildman–Crippen LogP) is 2.24. The maximum Gasteiger partial charge on any atom is 0.224 e. The lowest BCUT2D eigenvalue weighted by molar-refractivity contribution is -0.116. The second-order valence-corrected chi connectivity index (χ2v) is 5.31. The number of nitrogens with two attached hydrogens (primary N) is 1. The van der Waals surface area contributed by atoms with Gasteiger partial charge < -0.3 is 16.2 Å². The van der Waals surface area contributed by atoms with E-state index in [0.29, 0.717) is 12.1 Å². The first-order valence-corrected chi connectivity index (χ1v) is 7.32. The molecular weight excluding hydrogens is 267 g/mol. The average Bonchev–Trinajstić information content (AvgIpc) is 2.38. The number of aliphatic hydroxyl groups excluding tert-OH is 1. The lowest BCUT2D eigenvalue weighted by Gasteiger charge is -2.07. The largest absolute Gasteiger partial charge is 0.399 e. The molecule has 4 nitrogen and oxygen atoms in total. The quantitative estimate of drug-likeness (QED) is 0.506. The van der Waals surface area contributed by atoms with Crippen LogP contribution in [0.4, 0.5) is 15.8 Å². The first kappa shape index (κ1) is 15.8. The van der Waals surface area contributed by atoms with E-state index in [1.807, 2.05) is 0 Å². The summed E-state index contributed by atoms with van der Waals surface area (Å²) in [5, 5.41) is 11.1. The Labute approximate surface area is 116 Å². The molecule has 1 aromatic rings. The summed E-state index contributed by atoms with van der Waals surface area (Å²) >= 11 is 1.70. The molecule has 1 amide bonds. The minimum atomic E-state index is -0.486. The molecule has 0 saturated heterocycles. The molecule has 0 aliphatic carbocycles. The van der Waals surface area contributed by atoms with Crippen molar-refractivity contribution in [1.82, 2.24) is 0 Å². The van der Waals surface area contributed by atoms with Gasteiger partial charge in [0.25, 0.3) is 0 Å². The summed E-state index contributed by atoms with van der Waals surface area (Å²) in [5.41, 5.74) is 6.07. The van der Waals surface area contributed by atoms with E-state index in [-0.39, 0.29) is 18.2 Å². The second-order valence-electron chi connectivity index (χ2n) is 4.08. The highest BCUT2D eigenvalue weighted by atomic mass is 32.2. The lowest BCUT2D eigenvalue weighted by Crippen LogP contribution is -2.13. The molecule has 0 unspecified atom stereocenters. The highest BCUT2D eigenvalue weighted by Gasteiger charge is 2.07. The summed E-state index contributed by atoms with van der Waals surface area (Å²) in [6.45, 7) is 0.197.